The lowest BCUT2D eigenvalue weighted by molar-refractivity contribution is -0.126. The molecule has 1 amide bonds. The van der Waals surface area contributed by atoms with E-state index < -0.39 is 0 Å². The van der Waals surface area contributed by atoms with E-state index in [4.69, 9.17) is 0 Å². The van der Waals surface area contributed by atoms with Gasteiger partial charge in [-0.3, -0.25) is 4.79 Å². The van der Waals surface area contributed by atoms with Crippen LogP contribution < -0.4 is 5.32 Å². The third-order valence-electron chi connectivity index (χ3n) is 3.71. The van der Waals surface area contributed by atoms with Crippen LogP contribution in [-0.4, -0.2) is 62.0 Å². The zero-order valence-corrected chi connectivity index (χ0v) is 10.4. The van der Waals surface area contributed by atoms with Gasteiger partial charge in [0.25, 0.3) is 0 Å². The number of hydrogen-bond acceptors (Lipinski definition) is 3. The lowest BCUT2D eigenvalue weighted by Crippen LogP contribution is -2.39. The molecule has 4 heteroatoms. The second-order valence-electron chi connectivity index (χ2n) is 4.99. The molecule has 0 aromatic heterocycles. The number of amides is 1. The van der Waals surface area contributed by atoms with Crippen LogP contribution in [0.3, 0.4) is 0 Å². The highest BCUT2D eigenvalue weighted by molar-refractivity contribution is 5.94. The summed E-state index contributed by atoms with van der Waals surface area (Å²) in [7, 11) is 4.17. The molecule has 16 heavy (non-hydrogen) atoms. The Morgan fingerprint density at radius 1 is 1.44 bits per heavy atom. The van der Waals surface area contributed by atoms with E-state index in [-0.39, 0.29) is 5.91 Å². The van der Waals surface area contributed by atoms with Crippen LogP contribution in [0.4, 0.5) is 0 Å². The fourth-order valence-electron chi connectivity index (χ4n) is 2.25. The maximum atomic E-state index is 12.2. The van der Waals surface area contributed by atoms with E-state index in [0.29, 0.717) is 6.04 Å². The van der Waals surface area contributed by atoms with E-state index in [2.05, 4.69) is 24.3 Å². The first-order valence-electron chi connectivity index (χ1n) is 5.94. The van der Waals surface area contributed by atoms with Gasteiger partial charge in [-0.1, -0.05) is 0 Å². The summed E-state index contributed by atoms with van der Waals surface area (Å²) in [6.07, 6.45) is 1.10. The van der Waals surface area contributed by atoms with Gasteiger partial charge in [0.1, 0.15) is 0 Å². The van der Waals surface area contributed by atoms with Gasteiger partial charge in [-0.25, -0.2) is 0 Å². The summed E-state index contributed by atoms with van der Waals surface area (Å²) in [5.41, 5.74) is 2.23. The maximum Gasteiger partial charge on any atom is 0.249 e. The fraction of sp³-hybridized carbons (Fsp3) is 0.750. The molecule has 2 heterocycles. The van der Waals surface area contributed by atoms with Gasteiger partial charge < -0.3 is 15.1 Å². The monoisotopic (exact) mass is 223 g/mol. The van der Waals surface area contributed by atoms with Gasteiger partial charge in [-0.05, 0) is 33.0 Å². The summed E-state index contributed by atoms with van der Waals surface area (Å²) >= 11 is 0. The molecular formula is C12H21N3O. The Balaban J connectivity index is 1.96. The van der Waals surface area contributed by atoms with Gasteiger partial charge in [-0.2, -0.15) is 0 Å². The first-order valence-corrected chi connectivity index (χ1v) is 5.94. The maximum absolute atomic E-state index is 12.2. The second kappa shape index (κ2) is 4.55. The Hall–Kier alpha value is -0.870. The van der Waals surface area contributed by atoms with Crippen LogP contribution in [0.25, 0.3) is 0 Å². The quantitative estimate of drug-likeness (QED) is 0.673. The molecule has 1 atom stereocenters. The van der Waals surface area contributed by atoms with Gasteiger partial charge >= 0.3 is 0 Å². The first kappa shape index (κ1) is 11.6. The second-order valence-corrected chi connectivity index (χ2v) is 4.99. The zero-order chi connectivity index (χ0) is 11.7. The number of likely N-dealkylation sites (tertiary alicyclic amines) is 1. The lowest BCUT2D eigenvalue weighted by atomic mass is 10.0. The minimum Gasteiger partial charge on any atom is -0.337 e. The molecule has 1 N–H and O–H groups in total. The number of carbonyl (C=O) groups is 1. The number of rotatable bonds is 2. The smallest absolute Gasteiger partial charge is 0.249 e. The lowest BCUT2D eigenvalue weighted by Gasteiger charge is -2.25. The van der Waals surface area contributed by atoms with Crippen molar-refractivity contribution < 1.29 is 4.79 Å². The Labute approximate surface area is 97.3 Å². The number of carbonyl (C=O) groups excluding carboxylic acids is 1. The zero-order valence-electron chi connectivity index (χ0n) is 10.4. The highest BCUT2D eigenvalue weighted by atomic mass is 16.2. The molecule has 0 spiro atoms. The van der Waals surface area contributed by atoms with Gasteiger partial charge in [0.2, 0.25) is 5.91 Å². The van der Waals surface area contributed by atoms with E-state index in [9.17, 15) is 4.79 Å². The molecule has 4 nitrogen and oxygen atoms in total. The summed E-state index contributed by atoms with van der Waals surface area (Å²) in [6.45, 7) is 5.52. The third kappa shape index (κ3) is 2.13. The molecular weight excluding hydrogens is 202 g/mol. The Kier molecular flexibility index (Phi) is 3.30. The SMILES string of the molecule is CC(C(=O)N1CCC(N(C)C)C1)=C1CNC1. The minimum absolute atomic E-state index is 0.237. The molecule has 0 aliphatic carbocycles. The average Bonchev–Trinajstić information content (AvgIpc) is 2.62. The Bertz CT molecular complexity index is 316. The van der Waals surface area contributed by atoms with Crippen LogP contribution in [0.1, 0.15) is 13.3 Å². The van der Waals surface area contributed by atoms with Crippen LogP contribution in [0.15, 0.2) is 11.1 Å². The summed E-state index contributed by atoms with van der Waals surface area (Å²) in [5.74, 6) is 0.237. The van der Waals surface area contributed by atoms with E-state index >= 15 is 0 Å². The first-order chi connectivity index (χ1) is 7.59. The van der Waals surface area contributed by atoms with Crippen LogP contribution in [-0.2, 0) is 4.79 Å². The number of nitrogens with one attached hydrogen (secondary N) is 1. The predicted octanol–water partition coefficient (Wildman–Crippen LogP) is 0.0686. The normalized spacial score (nSPS) is 24.9. The summed E-state index contributed by atoms with van der Waals surface area (Å²) < 4.78 is 0. The van der Waals surface area contributed by atoms with Gasteiger partial charge in [0.05, 0.1) is 0 Å². The molecule has 2 aliphatic heterocycles. The average molecular weight is 223 g/mol. The van der Waals surface area contributed by atoms with E-state index in [1.165, 1.54) is 5.57 Å². The van der Waals surface area contributed by atoms with Gasteiger partial charge in [0.15, 0.2) is 0 Å². The van der Waals surface area contributed by atoms with Crippen LogP contribution in [0.5, 0.6) is 0 Å². The molecule has 0 saturated carbocycles. The topological polar surface area (TPSA) is 35.6 Å². The standard InChI is InChI=1S/C12H21N3O/c1-9(10-6-13-7-10)12(16)15-5-4-11(8-15)14(2)3/h11,13H,4-8H2,1-3H3. The molecule has 90 valence electrons. The molecule has 2 aliphatic rings. The fourth-order valence-corrected chi connectivity index (χ4v) is 2.25. The van der Waals surface area contributed by atoms with Crippen molar-refractivity contribution in [1.82, 2.24) is 15.1 Å². The summed E-state index contributed by atoms with van der Waals surface area (Å²) in [6, 6.07) is 0.529. The van der Waals surface area contributed by atoms with Crippen molar-refractivity contribution in [1.29, 1.82) is 0 Å². The van der Waals surface area contributed by atoms with E-state index in [1.54, 1.807) is 0 Å². The molecule has 0 radical (unpaired) electrons. The largest absolute Gasteiger partial charge is 0.337 e. The molecule has 0 bridgehead atoms. The minimum atomic E-state index is 0.237. The number of hydrogen-bond donors (Lipinski definition) is 1. The predicted molar refractivity (Wildman–Crippen MR) is 64.2 cm³/mol. The van der Waals surface area contributed by atoms with Crippen molar-refractivity contribution in [3.63, 3.8) is 0 Å². The molecule has 2 saturated heterocycles. The van der Waals surface area contributed by atoms with E-state index in [1.807, 2.05) is 11.8 Å². The number of nitrogens with zero attached hydrogens (tertiary/aromatic N) is 2. The van der Waals surface area contributed by atoms with Crippen LogP contribution in [0.2, 0.25) is 0 Å². The molecule has 0 aromatic carbocycles. The highest BCUT2D eigenvalue weighted by Crippen LogP contribution is 2.18. The summed E-state index contributed by atoms with van der Waals surface area (Å²) in [5, 5.41) is 3.18. The van der Waals surface area contributed by atoms with Gasteiger partial charge in [-0.15, -0.1) is 0 Å². The molecule has 1 unspecified atom stereocenters. The van der Waals surface area contributed by atoms with Crippen LogP contribution in [0, 0.1) is 0 Å². The van der Waals surface area contributed by atoms with E-state index in [0.717, 1.165) is 38.2 Å². The van der Waals surface area contributed by atoms with Crippen molar-refractivity contribution in [2.45, 2.75) is 19.4 Å². The van der Waals surface area contributed by atoms with Crippen molar-refractivity contribution >= 4 is 5.91 Å². The summed E-state index contributed by atoms with van der Waals surface area (Å²) in [4.78, 5) is 16.4. The Morgan fingerprint density at radius 3 is 2.56 bits per heavy atom. The van der Waals surface area contributed by atoms with Gasteiger partial charge in [0, 0.05) is 37.8 Å². The van der Waals surface area contributed by atoms with Crippen molar-refractivity contribution in [2.75, 3.05) is 40.3 Å². The highest BCUT2D eigenvalue weighted by Gasteiger charge is 2.29. The van der Waals surface area contributed by atoms with Crippen LogP contribution >= 0.6 is 0 Å². The van der Waals surface area contributed by atoms with Crippen molar-refractivity contribution in [3.8, 4) is 0 Å². The molecule has 2 fully saturated rings. The van der Waals surface area contributed by atoms with Crippen molar-refractivity contribution in [2.24, 2.45) is 0 Å². The Morgan fingerprint density at radius 2 is 2.12 bits per heavy atom. The molecule has 0 aromatic rings. The van der Waals surface area contributed by atoms with Crippen molar-refractivity contribution in [3.05, 3.63) is 11.1 Å². The number of likely N-dealkylation sites (N-methyl/N-ethyl adjacent to an activating group) is 1. The molecule has 2 rings (SSSR count). The third-order valence-corrected chi connectivity index (χ3v) is 3.71.